The molecule has 1 aliphatic carbocycles. The van der Waals surface area contributed by atoms with Crippen molar-refractivity contribution in [2.45, 2.75) is 30.6 Å². The van der Waals surface area contributed by atoms with Crippen LogP contribution in [0.25, 0.3) is 0 Å². The zero-order valence-electron chi connectivity index (χ0n) is 7.73. The van der Waals surface area contributed by atoms with E-state index in [4.69, 9.17) is 4.55 Å². The van der Waals surface area contributed by atoms with Crippen molar-refractivity contribution < 1.29 is 13.0 Å². The monoisotopic (exact) mass is 212 g/mol. The summed E-state index contributed by atoms with van der Waals surface area (Å²) in [6.07, 6.45) is 3.77. The lowest BCUT2D eigenvalue weighted by atomic mass is 9.92. The summed E-state index contributed by atoms with van der Waals surface area (Å²) in [4.78, 5) is 0.0923. The van der Waals surface area contributed by atoms with Crippen LogP contribution in [0.1, 0.15) is 24.0 Å². The van der Waals surface area contributed by atoms with E-state index < -0.39 is 10.1 Å². The maximum atomic E-state index is 11.1. The Hall–Kier alpha value is -0.870. The lowest BCUT2D eigenvalue weighted by Crippen LogP contribution is -2.09. The third kappa shape index (κ3) is 1.67. The summed E-state index contributed by atoms with van der Waals surface area (Å²) in [5, 5.41) is 0. The Bertz CT molecular complexity index is 448. The van der Waals surface area contributed by atoms with Gasteiger partial charge in [0.15, 0.2) is 0 Å². The van der Waals surface area contributed by atoms with E-state index in [1.807, 2.05) is 6.07 Å². The first kappa shape index (κ1) is 9.68. The second-order valence-electron chi connectivity index (χ2n) is 3.58. The highest BCUT2D eigenvalue weighted by atomic mass is 32.2. The van der Waals surface area contributed by atoms with Crippen LogP contribution in [-0.2, 0) is 23.0 Å². The molecule has 0 aliphatic heterocycles. The minimum Gasteiger partial charge on any atom is -0.282 e. The third-order valence-corrected chi connectivity index (χ3v) is 3.57. The van der Waals surface area contributed by atoms with Crippen LogP contribution in [-0.4, -0.2) is 13.0 Å². The van der Waals surface area contributed by atoms with Crippen LogP contribution in [0, 0.1) is 0 Å². The van der Waals surface area contributed by atoms with Crippen molar-refractivity contribution in [2.24, 2.45) is 0 Å². The number of hydrogen-bond donors (Lipinski definition) is 1. The molecular formula is C10H12O3S. The average molecular weight is 212 g/mol. The first-order chi connectivity index (χ1) is 6.59. The molecule has 0 radical (unpaired) electrons. The van der Waals surface area contributed by atoms with Crippen LogP contribution in [0.5, 0.6) is 0 Å². The van der Waals surface area contributed by atoms with Crippen LogP contribution in [0.3, 0.4) is 0 Å². The van der Waals surface area contributed by atoms with Gasteiger partial charge in [0.05, 0.1) is 4.90 Å². The fourth-order valence-electron chi connectivity index (χ4n) is 1.99. The second-order valence-corrected chi connectivity index (χ2v) is 4.97. The van der Waals surface area contributed by atoms with Crippen LogP contribution in [0.15, 0.2) is 23.1 Å². The maximum Gasteiger partial charge on any atom is 0.294 e. The molecule has 0 aromatic heterocycles. The molecule has 0 bridgehead atoms. The fourth-order valence-corrected chi connectivity index (χ4v) is 2.78. The van der Waals surface area contributed by atoms with Gasteiger partial charge in [0.25, 0.3) is 10.1 Å². The summed E-state index contributed by atoms with van der Waals surface area (Å²) in [6.45, 7) is 0. The lowest BCUT2D eigenvalue weighted by Gasteiger charge is -2.17. The Balaban J connectivity index is 2.62. The molecule has 0 atom stereocenters. The van der Waals surface area contributed by atoms with Crippen molar-refractivity contribution in [3.63, 3.8) is 0 Å². The van der Waals surface area contributed by atoms with Crippen molar-refractivity contribution in [3.8, 4) is 0 Å². The summed E-state index contributed by atoms with van der Waals surface area (Å²) in [6, 6.07) is 5.09. The highest BCUT2D eigenvalue weighted by Crippen LogP contribution is 2.26. The maximum absolute atomic E-state index is 11.1. The Morgan fingerprint density at radius 1 is 1.14 bits per heavy atom. The summed E-state index contributed by atoms with van der Waals surface area (Å²) in [5.41, 5.74) is 1.87. The van der Waals surface area contributed by atoms with E-state index in [-0.39, 0.29) is 4.90 Å². The number of benzene rings is 1. The normalized spacial score (nSPS) is 16.4. The minimum absolute atomic E-state index is 0.0923. The fraction of sp³-hybridized carbons (Fsp3) is 0.400. The molecule has 0 spiro atoms. The van der Waals surface area contributed by atoms with Gasteiger partial charge in [-0.3, -0.25) is 4.55 Å². The zero-order valence-corrected chi connectivity index (χ0v) is 8.55. The molecular weight excluding hydrogens is 200 g/mol. The highest BCUT2D eigenvalue weighted by Gasteiger charge is 2.19. The largest absolute Gasteiger partial charge is 0.294 e. The molecule has 1 N–H and O–H groups in total. The standard InChI is InChI=1S/C10H12O3S/c11-14(12,13)10-7-3-5-8-4-1-2-6-9(8)10/h3,5,7H,1-2,4,6H2,(H,11,12,13). The predicted molar refractivity (Wildman–Crippen MR) is 52.9 cm³/mol. The first-order valence-electron chi connectivity index (χ1n) is 4.67. The van der Waals surface area contributed by atoms with Gasteiger partial charge in [0.1, 0.15) is 0 Å². The summed E-state index contributed by atoms with van der Waals surface area (Å²) in [5.74, 6) is 0. The van der Waals surface area contributed by atoms with Gasteiger partial charge < -0.3 is 0 Å². The summed E-state index contributed by atoms with van der Waals surface area (Å²) in [7, 11) is -4.04. The number of fused-ring (bicyclic) bond motifs is 1. The van der Waals surface area contributed by atoms with E-state index in [1.54, 1.807) is 6.07 Å². The van der Waals surface area contributed by atoms with Crippen molar-refractivity contribution in [1.29, 1.82) is 0 Å². The molecule has 4 heteroatoms. The number of rotatable bonds is 1. The van der Waals surface area contributed by atoms with Crippen LogP contribution in [0.2, 0.25) is 0 Å². The zero-order chi connectivity index (χ0) is 10.2. The summed E-state index contributed by atoms with van der Waals surface area (Å²) >= 11 is 0. The van der Waals surface area contributed by atoms with Crippen LogP contribution < -0.4 is 0 Å². The molecule has 14 heavy (non-hydrogen) atoms. The molecule has 0 amide bonds. The van der Waals surface area contributed by atoms with Gasteiger partial charge >= 0.3 is 0 Å². The molecule has 0 saturated heterocycles. The number of aryl methyl sites for hydroxylation is 1. The van der Waals surface area contributed by atoms with Gasteiger partial charge in [0.2, 0.25) is 0 Å². The van der Waals surface area contributed by atoms with E-state index in [1.165, 1.54) is 6.07 Å². The highest BCUT2D eigenvalue weighted by molar-refractivity contribution is 7.85. The van der Waals surface area contributed by atoms with Crippen molar-refractivity contribution >= 4 is 10.1 Å². The Labute approximate surface area is 83.5 Å². The quantitative estimate of drug-likeness (QED) is 0.722. The SMILES string of the molecule is O=S(=O)(O)c1cccc2c1CCCC2. The Morgan fingerprint density at radius 2 is 1.86 bits per heavy atom. The minimum atomic E-state index is -4.04. The third-order valence-electron chi connectivity index (χ3n) is 2.63. The molecule has 0 heterocycles. The van der Waals surface area contributed by atoms with Crippen molar-refractivity contribution in [3.05, 3.63) is 29.3 Å². The van der Waals surface area contributed by atoms with E-state index in [2.05, 4.69) is 0 Å². The lowest BCUT2D eigenvalue weighted by molar-refractivity contribution is 0.481. The molecule has 0 saturated carbocycles. The van der Waals surface area contributed by atoms with Gasteiger partial charge in [-0.05, 0) is 42.9 Å². The molecule has 0 fully saturated rings. The van der Waals surface area contributed by atoms with Gasteiger partial charge in [-0.15, -0.1) is 0 Å². The van der Waals surface area contributed by atoms with Gasteiger partial charge in [-0.1, -0.05) is 12.1 Å². The number of hydrogen-bond acceptors (Lipinski definition) is 2. The Morgan fingerprint density at radius 3 is 2.57 bits per heavy atom. The molecule has 1 aromatic carbocycles. The molecule has 1 aromatic rings. The first-order valence-corrected chi connectivity index (χ1v) is 6.11. The van der Waals surface area contributed by atoms with E-state index in [0.717, 1.165) is 36.8 Å². The Kier molecular flexibility index (Phi) is 2.33. The van der Waals surface area contributed by atoms with Gasteiger partial charge in [-0.25, -0.2) is 0 Å². The molecule has 3 nitrogen and oxygen atoms in total. The van der Waals surface area contributed by atoms with Crippen LogP contribution in [0.4, 0.5) is 0 Å². The van der Waals surface area contributed by atoms with E-state index in [0.29, 0.717) is 0 Å². The van der Waals surface area contributed by atoms with Crippen LogP contribution >= 0.6 is 0 Å². The molecule has 76 valence electrons. The molecule has 2 rings (SSSR count). The molecule has 1 aliphatic rings. The second kappa shape index (κ2) is 3.37. The predicted octanol–water partition coefficient (Wildman–Crippen LogP) is 1.81. The topological polar surface area (TPSA) is 54.4 Å². The summed E-state index contributed by atoms with van der Waals surface area (Å²) < 4.78 is 31.1. The van der Waals surface area contributed by atoms with E-state index >= 15 is 0 Å². The molecule has 0 unspecified atom stereocenters. The van der Waals surface area contributed by atoms with Gasteiger partial charge in [-0.2, -0.15) is 8.42 Å². The van der Waals surface area contributed by atoms with Gasteiger partial charge in [0, 0.05) is 0 Å². The average Bonchev–Trinajstić information content (AvgIpc) is 2.15. The van der Waals surface area contributed by atoms with Crippen molar-refractivity contribution in [2.75, 3.05) is 0 Å². The van der Waals surface area contributed by atoms with E-state index in [9.17, 15) is 8.42 Å². The smallest absolute Gasteiger partial charge is 0.282 e. The van der Waals surface area contributed by atoms with Crippen molar-refractivity contribution in [1.82, 2.24) is 0 Å².